The number of aryl methyl sites for hydroxylation is 1. The molecule has 3 heterocycles. The third-order valence-electron chi connectivity index (χ3n) is 3.05. The number of hydrogen-bond donors (Lipinski definition) is 1. The van der Waals surface area contributed by atoms with Gasteiger partial charge in [0, 0.05) is 32.4 Å². The van der Waals surface area contributed by atoms with Crippen molar-refractivity contribution in [2.75, 3.05) is 6.54 Å². The van der Waals surface area contributed by atoms with Crippen LogP contribution in [0.2, 0.25) is 0 Å². The van der Waals surface area contributed by atoms with Crippen molar-refractivity contribution < 1.29 is 8.94 Å². The maximum Gasteiger partial charge on any atom is 0.213 e. The van der Waals surface area contributed by atoms with Crippen molar-refractivity contribution in [3.05, 3.63) is 54.6 Å². The highest BCUT2D eigenvalue weighted by Crippen LogP contribution is 2.20. The van der Waals surface area contributed by atoms with E-state index in [-0.39, 0.29) is 6.04 Å². The van der Waals surface area contributed by atoms with Crippen LogP contribution in [0.1, 0.15) is 23.5 Å². The maximum absolute atomic E-state index is 5.50. The molecule has 0 amide bonds. The van der Waals surface area contributed by atoms with Gasteiger partial charge in [-0.1, -0.05) is 5.16 Å². The molecule has 0 spiro atoms. The van der Waals surface area contributed by atoms with Crippen molar-refractivity contribution in [2.24, 2.45) is 7.05 Å². The average molecular weight is 273 g/mol. The topological polar surface area (TPSA) is 81.9 Å². The summed E-state index contributed by atoms with van der Waals surface area (Å²) in [7, 11) is 1.96. The van der Waals surface area contributed by atoms with E-state index in [4.69, 9.17) is 8.94 Å². The number of rotatable bonds is 6. The molecule has 0 aliphatic heterocycles. The van der Waals surface area contributed by atoms with E-state index < -0.39 is 0 Å². The summed E-state index contributed by atoms with van der Waals surface area (Å²) in [5.74, 6) is 2.40. The Labute approximate surface area is 115 Å². The second kappa shape index (κ2) is 5.70. The number of hydrogen-bond acceptors (Lipinski definition) is 6. The SMILES string of the molecule is Cn1ccnc1C(NCCc1ncon1)c1ccco1. The number of imidazole rings is 1. The third kappa shape index (κ3) is 2.62. The molecule has 0 bridgehead atoms. The largest absolute Gasteiger partial charge is 0.467 e. The molecule has 0 saturated heterocycles. The lowest BCUT2D eigenvalue weighted by molar-refractivity contribution is 0.405. The van der Waals surface area contributed by atoms with Gasteiger partial charge in [0.2, 0.25) is 6.39 Å². The fourth-order valence-electron chi connectivity index (χ4n) is 2.06. The van der Waals surface area contributed by atoms with Crippen LogP contribution in [0.15, 0.2) is 46.1 Å². The van der Waals surface area contributed by atoms with E-state index in [0.717, 1.165) is 11.6 Å². The Kier molecular flexibility index (Phi) is 3.60. The Hall–Kier alpha value is -2.41. The van der Waals surface area contributed by atoms with Gasteiger partial charge in [-0.15, -0.1) is 0 Å². The first-order valence-corrected chi connectivity index (χ1v) is 6.34. The molecule has 7 heteroatoms. The Morgan fingerprint density at radius 2 is 2.35 bits per heavy atom. The minimum Gasteiger partial charge on any atom is -0.467 e. The van der Waals surface area contributed by atoms with Crippen LogP contribution in [0.4, 0.5) is 0 Å². The molecule has 1 N–H and O–H groups in total. The van der Waals surface area contributed by atoms with Gasteiger partial charge in [-0.3, -0.25) is 0 Å². The second-order valence-corrected chi connectivity index (χ2v) is 4.40. The Morgan fingerprint density at radius 1 is 1.40 bits per heavy atom. The number of nitrogens with zero attached hydrogens (tertiary/aromatic N) is 4. The lowest BCUT2D eigenvalue weighted by atomic mass is 10.2. The predicted octanol–water partition coefficient (Wildman–Crippen LogP) is 1.32. The van der Waals surface area contributed by atoms with Gasteiger partial charge < -0.3 is 18.8 Å². The highest BCUT2D eigenvalue weighted by molar-refractivity contribution is 5.15. The van der Waals surface area contributed by atoms with Gasteiger partial charge >= 0.3 is 0 Å². The molecule has 1 unspecified atom stereocenters. The van der Waals surface area contributed by atoms with Gasteiger partial charge in [-0.05, 0) is 12.1 Å². The maximum atomic E-state index is 5.50. The lowest BCUT2D eigenvalue weighted by Gasteiger charge is -2.16. The van der Waals surface area contributed by atoms with E-state index >= 15 is 0 Å². The molecular formula is C13H15N5O2. The molecule has 3 aromatic rings. The van der Waals surface area contributed by atoms with Crippen LogP contribution in [0.25, 0.3) is 0 Å². The quantitative estimate of drug-likeness (QED) is 0.729. The summed E-state index contributed by atoms with van der Waals surface area (Å²) in [4.78, 5) is 8.37. The molecular weight excluding hydrogens is 258 g/mol. The standard InChI is InChI=1S/C13H15N5O2/c1-18-7-6-15-13(18)12(10-3-2-8-19-10)14-5-4-11-16-9-20-17-11/h2-3,6-9,12,14H,4-5H2,1H3. The van der Waals surface area contributed by atoms with Crippen LogP contribution in [-0.2, 0) is 13.5 Å². The minimum absolute atomic E-state index is 0.100. The van der Waals surface area contributed by atoms with E-state index in [1.165, 1.54) is 6.39 Å². The Bertz CT molecular complexity index is 630. The molecule has 0 fully saturated rings. The number of furan rings is 1. The molecule has 0 radical (unpaired) electrons. The van der Waals surface area contributed by atoms with Crippen molar-refractivity contribution in [1.29, 1.82) is 0 Å². The van der Waals surface area contributed by atoms with Gasteiger partial charge in [0.05, 0.1) is 6.26 Å². The van der Waals surface area contributed by atoms with Crippen molar-refractivity contribution >= 4 is 0 Å². The molecule has 7 nitrogen and oxygen atoms in total. The summed E-state index contributed by atoms with van der Waals surface area (Å²) in [6.07, 6.45) is 7.35. The lowest BCUT2D eigenvalue weighted by Crippen LogP contribution is -2.27. The first kappa shape index (κ1) is 12.6. The fourth-order valence-corrected chi connectivity index (χ4v) is 2.06. The highest BCUT2D eigenvalue weighted by Gasteiger charge is 2.20. The third-order valence-corrected chi connectivity index (χ3v) is 3.05. The fraction of sp³-hybridized carbons (Fsp3) is 0.308. The molecule has 1 atom stereocenters. The summed E-state index contributed by atoms with van der Waals surface area (Å²) in [6.45, 7) is 0.692. The molecule has 3 aromatic heterocycles. The smallest absolute Gasteiger partial charge is 0.213 e. The van der Waals surface area contributed by atoms with Crippen LogP contribution in [0, 0.1) is 0 Å². The highest BCUT2D eigenvalue weighted by atomic mass is 16.5. The van der Waals surface area contributed by atoms with E-state index in [2.05, 4.69) is 20.4 Å². The van der Waals surface area contributed by atoms with Crippen LogP contribution in [0.5, 0.6) is 0 Å². The van der Waals surface area contributed by atoms with E-state index in [1.54, 1.807) is 12.5 Å². The molecule has 20 heavy (non-hydrogen) atoms. The van der Waals surface area contributed by atoms with E-state index in [9.17, 15) is 0 Å². The first-order valence-electron chi connectivity index (χ1n) is 6.34. The zero-order chi connectivity index (χ0) is 13.8. The Balaban J connectivity index is 1.72. The van der Waals surface area contributed by atoms with Crippen LogP contribution in [-0.4, -0.2) is 26.2 Å². The van der Waals surface area contributed by atoms with E-state index in [0.29, 0.717) is 18.8 Å². The molecule has 0 aromatic carbocycles. The van der Waals surface area contributed by atoms with Gasteiger partial charge in [0.1, 0.15) is 17.6 Å². The summed E-state index contributed by atoms with van der Waals surface area (Å²) in [6, 6.07) is 3.70. The first-order chi connectivity index (χ1) is 9.84. The van der Waals surface area contributed by atoms with Crippen molar-refractivity contribution in [3.63, 3.8) is 0 Å². The van der Waals surface area contributed by atoms with Crippen molar-refractivity contribution in [2.45, 2.75) is 12.5 Å². The summed E-state index contributed by atoms with van der Waals surface area (Å²) < 4.78 is 12.2. The summed E-state index contributed by atoms with van der Waals surface area (Å²) >= 11 is 0. The van der Waals surface area contributed by atoms with Crippen LogP contribution in [0.3, 0.4) is 0 Å². The van der Waals surface area contributed by atoms with Gasteiger partial charge in [-0.25, -0.2) is 4.98 Å². The Morgan fingerprint density at radius 3 is 3.00 bits per heavy atom. The van der Waals surface area contributed by atoms with E-state index in [1.807, 2.05) is 29.9 Å². The molecule has 3 rings (SSSR count). The minimum atomic E-state index is -0.100. The summed E-state index contributed by atoms with van der Waals surface area (Å²) in [5.41, 5.74) is 0. The van der Waals surface area contributed by atoms with Crippen LogP contribution < -0.4 is 5.32 Å². The normalized spacial score (nSPS) is 12.7. The van der Waals surface area contributed by atoms with Crippen molar-refractivity contribution in [3.8, 4) is 0 Å². The molecule has 0 aliphatic carbocycles. The number of nitrogens with one attached hydrogen (secondary N) is 1. The van der Waals surface area contributed by atoms with Gasteiger partial charge in [0.25, 0.3) is 0 Å². The monoisotopic (exact) mass is 273 g/mol. The molecule has 0 aliphatic rings. The number of aromatic nitrogens is 4. The van der Waals surface area contributed by atoms with Crippen LogP contribution >= 0.6 is 0 Å². The van der Waals surface area contributed by atoms with Gasteiger partial charge in [-0.2, -0.15) is 4.98 Å². The molecule has 0 saturated carbocycles. The second-order valence-electron chi connectivity index (χ2n) is 4.40. The van der Waals surface area contributed by atoms with Gasteiger partial charge in [0.15, 0.2) is 5.82 Å². The zero-order valence-electron chi connectivity index (χ0n) is 11.1. The average Bonchev–Trinajstić information content (AvgIpc) is 3.18. The zero-order valence-corrected chi connectivity index (χ0v) is 11.1. The molecule has 104 valence electrons. The predicted molar refractivity (Wildman–Crippen MR) is 69.8 cm³/mol. The van der Waals surface area contributed by atoms with Crippen molar-refractivity contribution in [1.82, 2.24) is 25.0 Å². The summed E-state index contributed by atoms with van der Waals surface area (Å²) in [5, 5.41) is 7.19.